The molecule has 2 rings (SSSR count). The maximum Gasteiger partial charge on any atom is 0.295 e. The highest BCUT2D eigenvalue weighted by atomic mass is 16.2. The number of hydrogen-bond donors (Lipinski definition) is 2. The topological polar surface area (TPSA) is 70.7 Å². The summed E-state index contributed by atoms with van der Waals surface area (Å²) in [6.45, 7) is 5.92. The van der Waals surface area contributed by atoms with Crippen molar-refractivity contribution in [3.8, 4) is 0 Å². The van der Waals surface area contributed by atoms with Gasteiger partial charge in [-0.1, -0.05) is 32.0 Å². The van der Waals surface area contributed by atoms with E-state index in [1.807, 2.05) is 45.0 Å². The number of para-hydroxylation sites is 1. The number of H-pyrrole nitrogens is 1. The molecule has 1 amide bonds. The molecule has 1 aromatic carbocycles. The highest BCUT2D eigenvalue weighted by molar-refractivity contribution is 6.01. The molecule has 1 heterocycles. The van der Waals surface area contributed by atoms with Crippen molar-refractivity contribution in [2.24, 2.45) is 0 Å². The minimum absolute atomic E-state index is 0.168. The van der Waals surface area contributed by atoms with Gasteiger partial charge in [0.15, 0.2) is 0 Å². The van der Waals surface area contributed by atoms with Crippen LogP contribution in [0.4, 0.5) is 5.69 Å². The summed E-state index contributed by atoms with van der Waals surface area (Å²) in [4.78, 5) is 16.1. The quantitative estimate of drug-likeness (QED) is 0.871. The minimum atomic E-state index is -0.299. The average molecular weight is 244 g/mol. The Balaban J connectivity index is 2.15. The molecule has 0 aliphatic carbocycles. The van der Waals surface area contributed by atoms with Gasteiger partial charge in [-0.15, -0.1) is 5.10 Å². The molecule has 0 radical (unpaired) electrons. The molecule has 0 spiro atoms. The normalized spacial score (nSPS) is 10.7. The zero-order valence-corrected chi connectivity index (χ0v) is 10.7. The van der Waals surface area contributed by atoms with E-state index in [1.165, 1.54) is 0 Å². The fourth-order valence-corrected chi connectivity index (χ4v) is 1.53. The summed E-state index contributed by atoms with van der Waals surface area (Å²) in [5, 5.41) is 9.47. The molecule has 0 unspecified atom stereocenters. The second-order valence-electron chi connectivity index (χ2n) is 4.47. The van der Waals surface area contributed by atoms with Crippen LogP contribution in [-0.2, 0) is 0 Å². The molecule has 5 heteroatoms. The Morgan fingerprint density at radius 3 is 2.67 bits per heavy atom. The fourth-order valence-electron chi connectivity index (χ4n) is 1.53. The summed E-state index contributed by atoms with van der Waals surface area (Å²) in [7, 11) is 0. The van der Waals surface area contributed by atoms with Crippen LogP contribution >= 0.6 is 0 Å². The molecule has 2 N–H and O–H groups in total. The summed E-state index contributed by atoms with van der Waals surface area (Å²) in [6, 6.07) is 7.59. The van der Waals surface area contributed by atoms with Crippen molar-refractivity contribution in [3.63, 3.8) is 0 Å². The molecular formula is C13H16N4O. The summed E-state index contributed by atoms with van der Waals surface area (Å²) in [6.07, 6.45) is 0. The van der Waals surface area contributed by atoms with Gasteiger partial charge in [-0.05, 0) is 18.6 Å². The number of rotatable bonds is 3. The van der Waals surface area contributed by atoms with Gasteiger partial charge in [0.1, 0.15) is 5.82 Å². The predicted molar refractivity (Wildman–Crippen MR) is 69.6 cm³/mol. The van der Waals surface area contributed by atoms with Crippen molar-refractivity contribution in [2.75, 3.05) is 5.32 Å². The number of anilines is 1. The Bertz CT molecular complexity index is 560. The van der Waals surface area contributed by atoms with E-state index in [4.69, 9.17) is 0 Å². The number of hydrogen-bond acceptors (Lipinski definition) is 3. The Morgan fingerprint density at radius 2 is 2.06 bits per heavy atom. The highest BCUT2D eigenvalue weighted by Crippen LogP contribution is 2.14. The van der Waals surface area contributed by atoms with E-state index in [9.17, 15) is 4.79 Å². The summed E-state index contributed by atoms with van der Waals surface area (Å²) >= 11 is 0. The zero-order chi connectivity index (χ0) is 13.1. The third-order valence-corrected chi connectivity index (χ3v) is 2.65. The van der Waals surface area contributed by atoms with Gasteiger partial charge in [-0.3, -0.25) is 9.89 Å². The lowest BCUT2D eigenvalue weighted by Crippen LogP contribution is -2.14. The van der Waals surface area contributed by atoms with Crippen LogP contribution in [0.1, 0.15) is 41.8 Å². The number of benzene rings is 1. The smallest absolute Gasteiger partial charge is 0.295 e. The van der Waals surface area contributed by atoms with Gasteiger partial charge in [0, 0.05) is 11.6 Å². The van der Waals surface area contributed by atoms with Crippen molar-refractivity contribution < 1.29 is 4.79 Å². The second-order valence-corrected chi connectivity index (χ2v) is 4.47. The molecule has 0 saturated heterocycles. The third-order valence-electron chi connectivity index (χ3n) is 2.65. The standard InChI is InChI=1S/C13H16N4O/c1-8(2)11-15-12(17-16-11)13(18)14-10-7-5-4-6-9(10)3/h4-8H,1-3H3,(H,14,18)(H,15,16,17). The Labute approximate surface area is 106 Å². The molecular weight excluding hydrogens is 228 g/mol. The van der Waals surface area contributed by atoms with Crippen molar-refractivity contribution >= 4 is 11.6 Å². The highest BCUT2D eigenvalue weighted by Gasteiger charge is 2.14. The van der Waals surface area contributed by atoms with Gasteiger partial charge in [-0.25, -0.2) is 4.98 Å². The summed E-state index contributed by atoms with van der Waals surface area (Å²) in [5.41, 5.74) is 1.78. The van der Waals surface area contributed by atoms with Gasteiger partial charge in [0.05, 0.1) is 0 Å². The molecule has 94 valence electrons. The van der Waals surface area contributed by atoms with Crippen molar-refractivity contribution in [2.45, 2.75) is 26.7 Å². The van der Waals surface area contributed by atoms with Crippen LogP contribution in [0.5, 0.6) is 0 Å². The number of nitrogens with one attached hydrogen (secondary N) is 2. The van der Waals surface area contributed by atoms with Crippen LogP contribution in [-0.4, -0.2) is 21.1 Å². The van der Waals surface area contributed by atoms with E-state index in [0.29, 0.717) is 5.82 Å². The van der Waals surface area contributed by atoms with Crippen molar-refractivity contribution in [1.82, 2.24) is 15.2 Å². The second kappa shape index (κ2) is 5.00. The number of aromatic nitrogens is 3. The lowest BCUT2D eigenvalue weighted by atomic mass is 10.2. The molecule has 1 aromatic heterocycles. The van der Waals surface area contributed by atoms with E-state index in [-0.39, 0.29) is 17.6 Å². The van der Waals surface area contributed by atoms with Crippen LogP contribution in [0.2, 0.25) is 0 Å². The predicted octanol–water partition coefficient (Wildman–Crippen LogP) is 2.49. The first-order valence-electron chi connectivity index (χ1n) is 5.87. The van der Waals surface area contributed by atoms with E-state index in [0.717, 1.165) is 11.3 Å². The number of carbonyl (C=O) groups excluding carboxylic acids is 1. The Hall–Kier alpha value is -2.17. The number of aryl methyl sites for hydroxylation is 1. The largest absolute Gasteiger partial charge is 0.319 e. The maximum absolute atomic E-state index is 11.9. The summed E-state index contributed by atoms with van der Waals surface area (Å²) < 4.78 is 0. The first-order valence-corrected chi connectivity index (χ1v) is 5.87. The van der Waals surface area contributed by atoms with Gasteiger partial charge in [0.25, 0.3) is 5.91 Å². The van der Waals surface area contributed by atoms with E-state index >= 15 is 0 Å². The van der Waals surface area contributed by atoms with Gasteiger partial charge < -0.3 is 5.32 Å². The van der Waals surface area contributed by atoms with Crippen LogP contribution in [0.25, 0.3) is 0 Å². The molecule has 0 fully saturated rings. The molecule has 0 saturated carbocycles. The van der Waals surface area contributed by atoms with Gasteiger partial charge in [-0.2, -0.15) is 0 Å². The van der Waals surface area contributed by atoms with Crippen LogP contribution in [0, 0.1) is 6.92 Å². The van der Waals surface area contributed by atoms with E-state index < -0.39 is 0 Å². The molecule has 0 aliphatic rings. The maximum atomic E-state index is 11.9. The molecule has 5 nitrogen and oxygen atoms in total. The fraction of sp³-hybridized carbons (Fsp3) is 0.308. The number of carbonyl (C=O) groups is 1. The first-order chi connectivity index (χ1) is 8.58. The molecule has 0 atom stereocenters. The molecule has 2 aromatic rings. The van der Waals surface area contributed by atoms with Crippen LogP contribution in [0.3, 0.4) is 0 Å². The van der Waals surface area contributed by atoms with Gasteiger partial charge >= 0.3 is 0 Å². The lowest BCUT2D eigenvalue weighted by Gasteiger charge is -2.05. The Kier molecular flexibility index (Phi) is 3.41. The molecule has 0 aliphatic heterocycles. The number of nitrogens with zero attached hydrogens (tertiary/aromatic N) is 2. The van der Waals surface area contributed by atoms with Crippen LogP contribution in [0.15, 0.2) is 24.3 Å². The van der Waals surface area contributed by atoms with Crippen LogP contribution < -0.4 is 5.32 Å². The first kappa shape index (κ1) is 12.3. The average Bonchev–Trinajstić information content (AvgIpc) is 2.81. The van der Waals surface area contributed by atoms with Crippen molar-refractivity contribution in [3.05, 3.63) is 41.5 Å². The van der Waals surface area contributed by atoms with E-state index in [2.05, 4.69) is 20.5 Å². The Morgan fingerprint density at radius 1 is 1.33 bits per heavy atom. The third kappa shape index (κ3) is 2.56. The summed E-state index contributed by atoms with van der Waals surface area (Å²) in [5.74, 6) is 0.803. The number of aromatic amines is 1. The SMILES string of the molecule is Cc1ccccc1NC(=O)c1n[nH]c(C(C)C)n1. The lowest BCUT2D eigenvalue weighted by molar-refractivity contribution is 0.101. The molecule has 18 heavy (non-hydrogen) atoms. The minimum Gasteiger partial charge on any atom is -0.319 e. The monoisotopic (exact) mass is 244 g/mol. The van der Waals surface area contributed by atoms with Gasteiger partial charge in [0.2, 0.25) is 5.82 Å². The van der Waals surface area contributed by atoms with E-state index in [1.54, 1.807) is 0 Å². The van der Waals surface area contributed by atoms with Crippen molar-refractivity contribution in [1.29, 1.82) is 0 Å². The number of amides is 1. The zero-order valence-electron chi connectivity index (χ0n) is 10.7. The molecule has 0 bridgehead atoms.